The molecule has 1 N–H and O–H groups in total. The van der Waals surface area contributed by atoms with E-state index in [9.17, 15) is 0 Å². The quantitative estimate of drug-likeness (QED) is 0.923. The maximum absolute atomic E-state index is 9.07. The molecule has 3 rings (SSSR count). The van der Waals surface area contributed by atoms with Crippen molar-refractivity contribution in [3.05, 3.63) is 35.4 Å². The highest BCUT2D eigenvalue weighted by Gasteiger charge is 2.30. The monoisotopic (exact) mass is 327 g/mol. The Hall–Kier alpha value is -0.790. The number of rotatable bonds is 4. The average molecular weight is 328 g/mol. The first-order valence-electron chi connectivity index (χ1n) is 7.31. The molecule has 0 unspecified atom stereocenters. The summed E-state index contributed by atoms with van der Waals surface area (Å²) < 4.78 is 0. The van der Waals surface area contributed by atoms with Crippen LogP contribution in [0.2, 0.25) is 0 Å². The first-order chi connectivity index (χ1) is 9.36. The summed E-state index contributed by atoms with van der Waals surface area (Å²) in [6, 6.07) is 11.0. The largest absolute Gasteiger partial charge is 0.314 e. The Morgan fingerprint density at radius 1 is 1.24 bits per heavy atom. The van der Waals surface area contributed by atoms with Crippen LogP contribution in [-0.4, -0.2) is 31.1 Å². The fourth-order valence-electron chi connectivity index (χ4n) is 2.97. The average Bonchev–Trinajstić information content (AvgIpc) is 3.30. The van der Waals surface area contributed by atoms with Crippen LogP contribution in [0.1, 0.15) is 36.4 Å². The standard InChI is InChI=1S/C16H21N3.2ClH/c17-12-14-2-1-3-15(10-14)16(11-13-4-5-13)19-8-6-18-7-9-19;;/h1-3,10,13,16,18H,4-9,11H2;2*1H/t16-;;/m1../s1. The van der Waals surface area contributed by atoms with Gasteiger partial charge in [-0.3, -0.25) is 4.90 Å². The second-order valence-electron chi connectivity index (χ2n) is 5.72. The lowest BCUT2D eigenvalue weighted by Gasteiger charge is -2.35. The van der Waals surface area contributed by atoms with Gasteiger partial charge in [0.05, 0.1) is 11.6 Å². The highest BCUT2D eigenvalue weighted by Crippen LogP contribution is 2.40. The molecule has 0 amide bonds. The van der Waals surface area contributed by atoms with E-state index in [4.69, 9.17) is 5.26 Å². The van der Waals surface area contributed by atoms with Gasteiger partial charge in [0, 0.05) is 32.2 Å². The first kappa shape index (κ1) is 18.3. The maximum Gasteiger partial charge on any atom is 0.0991 e. The molecule has 1 saturated heterocycles. The Balaban J connectivity index is 0.00000110. The molecule has 2 fully saturated rings. The number of hydrogen-bond acceptors (Lipinski definition) is 3. The van der Waals surface area contributed by atoms with Crippen molar-refractivity contribution in [1.29, 1.82) is 5.26 Å². The molecule has 1 aromatic rings. The summed E-state index contributed by atoms with van der Waals surface area (Å²) in [6.45, 7) is 4.40. The van der Waals surface area contributed by atoms with Crippen LogP contribution in [0, 0.1) is 17.2 Å². The SMILES string of the molecule is Cl.Cl.N#Cc1cccc([C@@H](CC2CC2)N2CCNCC2)c1. The predicted octanol–water partition coefficient (Wildman–Crippen LogP) is 3.15. The highest BCUT2D eigenvalue weighted by atomic mass is 35.5. The summed E-state index contributed by atoms with van der Waals surface area (Å²) in [7, 11) is 0. The zero-order chi connectivity index (χ0) is 13.1. The van der Waals surface area contributed by atoms with E-state index in [-0.39, 0.29) is 24.8 Å². The van der Waals surface area contributed by atoms with Crippen molar-refractivity contribution in [2.45, 2.75) is 25.3 Å². The van der Waals surface area contributed by atoms with E-state index in [2.05, 4.69) is 28.4 Å². The lowest BCUT2D eigenvalue weighted by atomic mass is 9.97. The van der Waals surface area contributed by atoms with Gasteiger partial charge < -0.3 is 5.32 Å². The van der Waals surface area contributed by atoms with Gasteiger partial charge in [-0.25, -0.2) is 0 Å². The molecule has 116 valence electrons. The van der Waals surface area contributed by atoms with Crippen LogP contribution in [0.15, 0.2) is 24.3 Å². The predicted molar refractivity (Wildman–Crippen MR) is 90.2 cm³/mol. The Morgan fingerprint density at radius 2 is 1.95 bits per heavy atom. The number of benzene rings is 1. The minimum Gasteiger partial charge on any atom is -0.314 e. The summed E-state index contributed by atoms with van der Waals surface area (Å²) in [5.41, 5.74) is 2.11. The van der Waals surface area contributed by atoms with Gasteiger partial charge in [-0.1, -0.05) is 25.0 Å². The van der Waals surface area contributed by atoms with E-state index in [1.165, 1.54) is 24.8 Å². The van der Waals surface area contributed by atoms with Crippen molar-refractivity contribution < 1.29 is 0 Å². The molecule has 1 aliphatic heterocycles. The molecule has 1 saturated carbocycles. The number of nitrogens with one attached hydrogen (secondary N) is 1. The zero-order valence-electron chi connectivity index (χ0n) is 12.1. The summed E-state index contributed by atoms with van der Waals surface area (Å²) in [5.74, 6) is 0.908. The van der Waals surface area contributed by atoms with Crippen LogP contribution >= 0.6 is 24.8 Å². The van der Waals surface area contributed by atoms with Gasteiger partial charge in [-0.2, -0.15) is 5.26 Å². The van der Waals surface area contributed by atoms with Crippen molar-refractivity contribution in [1.82, 2.24) is 10.2 Å². The third-order valence-electron chi connectivity index (χ3n) is 4.25. The van der Waals surface area contributed by atoms with Gasteiger partial charge in [0.2, 0.25) is 0 Å². The van der Waals surface area contributed by atoms with Crippen molar-refractivity contribution >= 4 is 24.8 Å². The van der Waals surface area contributed by atoms with E-state index >= 15 is 0 Å². The zero-order valence-corrected chi connectivity index (χ0v) is 13.8. The molecule has 0 spiro atoms. The normalized spacial score (nSPS) is 19.8. The minimum absolute atomic E-state index is 0. The van der Waals surface area contributed by atoms with Crippen LogP contribution < -0.4 is 5.32 Å². The lowest BCUT2D eigenvalue weighted by molar-refractivity contribution is 0.160. The molecule has 0 bridgehead atoms. The Bertz CT molecular complexity index is 477. The third kappa shape index (κ3) is 4.86. The van der Waals surface area contributed by atoms with E-state index in [0.717, 1.165) is 37.7 Å². The molecule has 5 heteroatoms. The fraction of sp³-hybridized carbons (Fsp3) is 0.562. The molecule has 0 radical (unpaired) electrons. The molecule has 3 nitrogen and oxygen atoms in total. The highest BCUT2D eigenvalue weighted by molar-refractivity contribution is 5.85. The Morgan fingerprint density at radius 3 is 2.57 bits per heavy atom. The second-order valence-corrected chi connectivity index (χ2v) is 5.72. The topological polar surface area (TPSA) is 39.1 Å². The van der Waals surface area contributed by atoms with Gasteiger partial charge in [-0.05, 0) is 30.0 Å². The molecule has 21 heavy (non-hydrogen) atoms. The van der Waals surface area contributed by atoms with Gasteiger partial charge in [0.15, 0.2) is 0 Å². The van der Waals surface area contributed by atoms with Crippen molar-refractivity contribution in [2.24, 2.45) is 5.92 Å². The van der Waals surface area contributed by atoms with Gasteiger partial charge >= 0.3 is 0 Å². The molecule has 0 aromatic heterocycles. The number of piperazine rings is 1. The van der Waals surface area contributed by atoms with Crippen LogP contribution in [0.25, 0.3) is 0 Å². The van der Waals surface area contributed by atoms with Gasteiger partial charge in [0.25, 0.3) is 0 Å². The molecule has 1 atom stereocenters. The Kier molecular flexibility index (Phi) is 7.48. The van der Waals surface area contributed by atoms with E-state index in [1.807, 2.05) is 12.1 Å². The third-order valence-corrected chi connectivity index (χ3v) is 4.25. The van der Waals surface area contributed by atoms with Crippen LogP contribution in [0.5, 0.6) is 0 Å². The van der Waals surface area contributed by atoms with Crippen molar-refractivity contribution in [3.8, 4) is 6.07 Å². The number of hydrogen-bond donors (Lipinski definition) is 1. The van der Waals surface area contributed by atoms with Crippen molar-refractivity contribution in [3.63, 3.8) is 0 Å². The first-order valence-corrected chi connectivity index (χ1v) is 7.31. The van der Waals surface area contributed by atoms with Crippen LogP contribution in [0.4, 0.5) is 0 Å². The van der Waals surface area contributed by atoms with Crippen molar-refractivity contribution in [2.75, 3.05) is 26.2 Å². The summed E-state index contributed by atoms with van der Waals surface area (Å²) in [5, 5.41) is 12.5. The maximum atomic E-state index is 9.07. The van der Waals surface area contributed by atoms with Gasteiger partial charge in [0.1, 0.15) is 0 Å². The number of halogens is 2. The molecular weight excluding hydrogens is 305 g/mol. The van der Waals surface area contributed by atoms with E-state index < -0.39 is 0 Å². The summed E-state index contributed by atoms with van der Waals surface area (Å²) in [4.78, 5) is 2.59. The van der Waals surface area contributed by atoms with E-state index in [1.54, 1.807) is 0 Å². The summed E-state index contributed by atoms with van der Waals surface area (Å²) in [6.07, 6.45) is 4.04. The fourth-order valence-corrected chi connectivity index (χ4v) is 2.97. The summed E-state index contributed by atoms with van der Waals surface area (Å²) >= 11 is 0. The lowest BCUT2D eigenvalue weighted by Crippen LogP contribution is -2.45. The van der Waals surface area contributed by atoms with Crippen LogP contribution in [-0.2, 0) is 0 Å². The minimum atomic E-state index is 0. The second kappa shape index (κ2) is 8.60. The number of nitriles is 1. The van der Waals surface area contributed by atoms with Crippen LogP contribution in [0.3, 0.4) is 0 Å². The molecular formula is C16H23Cl2N3. The Labute approximate surface area is 139 Å². The number of nitrogens with zero attached hydrogens (tertiary/aromatic N) is 2. The van der Waals surface area contributed by atoms with Gasteiger partial charge in [-0.15, -0.1) is 24.8 Å². The van der Waals surface area contributed by atoms with E-state index in [0.29, 0.717) is 6.04 Å². The molecule has 1 heterocycles. The smallest absolute Gasteiger partial charge is 0.0991 e. The molecule has 1 aromatic carbocycles. The molecule has 1 aliphatic carbocycles. The molecule has 2 aliphatic rings.